The molecule has 0 aliphatic carbocycles. The molecule has 0 spiro atoms. The van der Waals surface area contributed by atoms with Crippen LogP contribution >= 0.6 is 0 Å². The molecule has 8 nitrogen and oxygen atoms in total. The standard InChI is InChI=1S/C16H16F3N3O5S2/c1-3-22(14-6-5-11(9-21-14)29(26,27)16(17,18)19)15(23)12-7-8-20-10-13(12)28(24,25)4-2/h5-10H,3-4H2,1-2H3. The zero-order valence-corrected chi connectivity index (χ0v) is 16.8. The van der Waals surface area contributed by atoms with Crippen molar-refractivity contribution in [1.29, 1.82) is 0 Å². The second-order valence-electron chi connectivity index (χ2n) is 5.63. The van der Waals surface area contributed by atoms with Gasteiger partial charge in [0, 0.05) is 25.1 Å². The number of hydrogen-bond acceptors (Lipinski definition) is 7. The van der Waals surface area contributed by atoms with Crippen molar-refractivity contribution in [2.24, 2.45) is 0 Å². The van der Waals surface area contributed by atoms with Crippen LogP contribution in [0.2, 0.25) is 0 Å². The van der Waals surface area contributed by atoms with Gasteiger partial charge >= 0.3 is 5.51 Å². The minimum Gasteiger partial charge on any atom is -0.293 e. The van der Waals surface area contributed by atoms with Crippen molar-refractivity contribution in [2.75, 3.05) is 17.2 Å². The number of pyridine rings is 2. The normalized spacial score (nSPS) is 12.6. The van der Waals surface area contributed by atoms with Crippen LogP contribution in [0.3, 0.4) is 0 Å². The van der Waals surface area contributed by atoms with Crippen LogP contribution in [-0.2, 0) is 19.7 Å². The van der Waals surface area contributed by atoms with E-state index in [-0.39, 0.29) is 28.6 Å². The van der Waals surface area contributed by atoms with Crippen LogP contribution in [0.25, 0.3) is 0 Å². The van der Waals surface area contributed by atoms with Crippen LogP contribution in [0, 0.1) is 0 Å². The van der Waals surface area contributed by atoms with E-state index < -0.39 is 36.0 Å². The fourth-order valence-electron chi connectivity index (χ4n) is 2.34. The number of sulfone groups is 2. The third-order valence-corrected chi connectivity index (χ3v) is 7.13. The summed E-state index contributed by atoms with van der Waals surface area (Å²) in [4.78, 5) is 19.9. The Morgan fingerprint density at radius 3 is 2.21 bits per heavy atom. The molecule has 0 aromatic carbocycles. The summed E-state index contributed by atoms with van der Waals surface area (Å²) in [5.74, 6) is -1.19. The van der Waals surface area contributed by atoms with E-state index in [9.17, 15) is 34.8 Å². The molecule has 0 saturated heterocycles. The minimum absolute atomic E-state index is 0.00879. The number of hydrogen-bond donors (Lipinski definition) is 0. The number of alkyl halides is 3. The van der Waals surface area contributed by atoms with Crippen molar-refractivity contribution in [2.45, 2.75) is 29.1 Å². The molecule has 13 heteroatoms. The average molecular weight is 451 g/mol. The number of rotatable bonds is 6. The molecule has 0 bridgehead atoms. The molecule has 0 unspecified atom stereocenters. The van der Waals surface area contributed by atoms with E-state index in [0.29, 0.717) is 12.3 Å². The van der Waals surface area contributed by atoms with Crippen molar-refractivity contribution in [3.63, 3.8) is 0 Å². The van der Waals surface area contributed by atoms with Gasteiger partial charge in [-0.1, -0.05) is 6.92 Å². The summed E-state index contributed by atoms with van der Waals surface area (Å²) >= 11 is 0. The quantitative estimate of drug-likeness (QED) is 0.662. The third kappa shape index (κ3) is 4.40. The molecule has 2 aromatic heterocycles. The number of aromatic nitrogens is 2. The molecule has 0 saturated carbocycles. The number of anilines is 1. The van der Waals surface area contributed by atoms with Gasteiger partial charge in [0.2, 0.25) is 0 Å². The summed E-state index contributed by atoms with van der Waals surface area (Å²) in [6.07, 6.45) is 2.75. The van der Waals surface area contributed by atoms with Crippen LogP contribution in [0.4, 0.5) is 19.0 Å². The van der Waals surface area contributed by atoms with Crippen LogP contribution in [0.15, 0.2) is 46.6 Å². The monoisotopic (exact) mass is 451 g/mol. The summed E-state index contributed by atoms with van der Waals surface area (Å²) in [5.41, 5.74) is -5.67. The first kappa shape index (κ1) is 22.7. The first-order valence-electron chi connectivity index (χ1n) is 8.12. The van der Waals surface area contributed by atoms with E-state index in [4.69, 9.17) is 0 Å². The highest BCUT2D eigenvalue weighted by Crippen LogP contribution is 2.30. The van der Waals surface area contributed by atoms with Crippen LogP contribution < -0.4 is 4.90 Å². The van der Waals surface area contributed by atoms with Crippen molar-refractivity contribution >= 4 is 31.4 Å². The molecular weight excluding hydrogens is 435 g/mol. The van der Waals surface area contributed by atoms with E-state index >= 15 is 0 Å². The zero-order chi connectivity index (χ0) is 22.0. The van der Waals surface area contributed by atoms with Gasteiger partial charge < -0.3 is 0 Å². The van der Waals surface area contributed by atoms with Gasteiger partial charge in [-0.05, 0) is 25.1 Å². The molecule has 29 heavy (non-hydrogen) atoms. The lowest BCUT2D eigenvalue weighted by Crippen LogP contribution is -2.33. The lowest BCUT2D eigenvalue weighted by molar-refractivity contribution is -0.0436. The lowest BCUT2D eigenvalue weighted by atomic mass is 10.2. The Balaban J connectivity index is 2.48. The largest absolute Gasteiger partial charge is 0.501 e. The van der Waals surface area contributed by atoms with E-state index in [1.807, 2.05) is 0 Å². The number of nitrogens with zero attached hydrogens (tertiary/aromatic N) is 3. The number of carbonyl (C=O) groups excluding carboxylic acids is 1. The highest BCUT2D eigenvalue weighted by atomic mass is 32.2. The fourth-order valence-corrected chi connectivity index (χ4v) is 4.07. The molecule has 2 heterocycles. The van der Waals surface area contributed by atoms with E-state index in [0.717, 1.165) is 17.2 Å². The molecule has 0 aliphatic rings. The maximum atomic E-state index is 12.9. The predicted octanol–water partition coefficient (Wildman–Crippen LogP) is 2.23. The summed E-state index contributed by atoms with van der Waals surface area (Å²) in [7, 11) is -9.36. The Kier molecular flexibility index (Phi) is 6.33. The van der Waals surface area contributed by atoms with Crippen LogP contribution in [0.5, 0.6) is 0 Å². The summed E-state index contributed by atoms with van der Waals surface area (Å²) < 4.78 is 85.2. The lowest BCUT2D eigenvalue weighted by Gasteiger charge is -2.21. The Bertz CT molecular complexity index is 1120. The predicted molar refractivity (Wildman–Crippen MR) is 96.8 cm³/mol. The van der Waals surface area contributed by atoms with E-state index in [2.05, 4.69) is 9.97 Å². The first-order chi connectivity index (χ1) is 13.4. The second-order valence-corrected chi connectivity index (χ2v) is 9.81. The molecule has 1 amide bonds. The Morgan fingerprint density at radius 2 is 1.72 bits per heavy atom. The molecule has 158 valence electrons. The number of carbonyl (C=O) groups is 1. The topological polar surface area (TPSA) is 114 Å². The molecule has 0 radical (unpaired) electrons. The SMILES string of the molecule is CCN(C(=O)c1ccncc1S(=O)(=O)CC)c1ccc(S(=O)(=O)C(F)(F)F)cn1. The molecule has 0 N–H and O–H groups in total. The first-order valence-corrected chi connectivity index (χ1v) is 11.3. The van der Waals surface area contributed by atoms with Gasteiger partial charge in [0.1, 0.15) is 5.82 Å². The minimum atomic E-state index is -5.58. The molecule has 2 aromatic rings. The Labute approximate surface area is 165 Å². The summed E-state index contributed by atoms with van der Waals surface area (Å²) in [6.45, 7) is 2.93. The average Bonchev–Trinajstić information content (AvgIpc) is 2.68. The Hall–Kier alpha value is -2.54. The van der Waals surface area contributed by atoms with Crippen molar-refractivity contribution in [1.82, 2.24) is 9.97 Å². The molecule has 0 atom stereocenters. The summed E-state index contributed by atoms with van der Waals surface area (Å²) in [5, 5.41) is 0. The van der Waals surface area contributed by atoms with Gasteiger partial charge in [0.25, 0.3) is 15.7 Å². The smallest absolute Gasteiger partial charge is 0.293 e. The van der Waals surface area contributed by atoms with Crippen LogP contribution in [-0.4, -0.2) is 50.5 Å². The second kappa shape index (κ2) is 8.06. The van der Waals surface area contributed by atoms with Gasteiger partial charge in [0.05, 0.1) is 21.1 Å². The van der Waals surface area contributed by atoms with Crippen molar-refractivity contribution < 1.29 is 34.8 Å². The highest BCUT2D eigenvalue weighted by Gasteiger charge is 2.47. The van der Waals surface area contributed by atoms with Crippen LogP contribution in [0.1, 0.15) is 24.2 Å². The number of amides is 1. The molecule has 0 aliphatic heterocycles. The fraction of sp³-hybridized carbons (Fsp3) is 0.312. The zero-order valence-electron chi connectivity index (χ0n) is 15.2. The van der Waals surface area contributed by atoms with E-state index in [1.165, 1.54) is 26.1 Å². The van der Waals surface area contributed by atoms with Crippen molar-refractivity contribution in [3.8, 4) is 0 Å². The highest BCUT2D eigenvalue weighted by molar-refractivity contribution is 7.92. The number of halogens is 3. The molecule has 2 rings (SSSR count). The summed E-state index contributed by atoms with van der Waals surface area (Å²) in [6, 6.07) is 2.82. The van der Waals surface area contributed by atoms with Gasteiger partial charge in [-0.15, -0.1) is 0 Å². The maximum absolute atomic E-state index is 12.9. The van der Waals surface area contributed by atoms with Crippen molar-refractivity contribution in [3.05, 3.63) is 42.4 Å². The maximum Gasteiger partial charge on any atom is 0.501 e. The van der Waals surface area contributed by atoms with Gasteiger partial charge in [-0.25, -0.2) is 21.8 Å². The third-order valence-electron chi connectivity index (χ3n) is 3.90. The van der Waals surface area contributed by atoms with Gasteiger partial charge in [-0.2, -0.15) is 13.2 Å². The molecule has 0 fully saturated rings. The Morgan fingerprint density at radius 1 is 1.07 bits per heavy atom. The van der Waals surface area contributed by atoms with Gasteiger partial charge in [-0.3, -0.25) is 14.7 Å². The van der Waals surface area contributed by atoms with E-state index in [1.54, 1.807) is 0 Å². The molecular formula is C16H16F3N3O5S2. The van der Waals surface area contributed by atoms with Gasteiger partial charge in [0.15, 0.2) is 9.84 Å².